The highest BCUT2D eigenvalue weighted by Crippen LogP contribution is 2.26. The molecule has 2 aromatic rings. The number of aromatic nitrogens is 2. The number of nitrogens with one attached hydrogen (secondary N) is 2. The van der Waals surface area contributed by atoms with Gasteiger partial charge in [-0.3, -0.25) is 14.5 Å². The quantitative estimate of drug-likeness (QED) is 0.612. The fourth-order valence-electron chi connectivity index (χ4n) is 3.81. The smallest absolute Gasteiger partial charge is 0.257 e. The van der Waals surface area contributed by atoms with Crippen molar-refractivity contribution in [2.75, 3.05) is 56.1 Å². The number of ether oxygens (including phenoxy) is 1. The SMILES string of the molecule is O=C(COc1ccc2c(c1)CCC(=O)N2)NCCCN1CCN(c2ncccn2)CC1. The van der Waals surface area contributed by atoms with Crippen LogP contribution in [0.1, 0.15) is 18.4 Å². The summed E-state index contributed by atoms with van der Waals surface area (Å²) in [5.41, 5.74) is 1.86. The first-order valence-corrected chi connectivity index (χ1v) is 10.7. The van der Waals surface area contributed by atoms with E-state index in [1.165, 1.54) is 0 Å². The van der Waals surface area contributed by atoms with E-state index >= 15 is 0 Å². The summed E-state index contributed by atoms with van der Waals surface area (Å²) in [5.74, 6) is 1.34. The van der Waals surface area contributed by atoms with Crippen LogP contribution in [0.3, 0.4) is 0 Å². The van der Waals surface area contributed by atoms with Crippen molar-refractivity contribution in [1.82, 2.24) is 20.2 Å². The number of hydrogen-bond donors (Lipinski definition) is 2. The van der Waals surface area contributed by atoms with Crippen molar-refractivity contribution in [2.24, 2.45) is 0 Å². The van der Waals surface area contributed by atoms with Crippen LogP contribution in [0.4, 0.5) is 11.6 Å². The van der Waals surface area contributed by atoms with Crippen LogP contribution in [0.5, 0.6) is 5.75 Å². The van der Waals surface area contributed by atoms with Crippen LogP contribution in [-0.4, -0.2) is 72.6 Å². The van der Waals surface area contributed by atoms with Gasteiger partial charge in [0.05, 0.1) is 0 Å². The van der Waals surface area contributed by atoms with Gasteiger partial charge in [-0.05, 0) is 49.2 Å². The van der Waals surface area contributed by atoms with Crippen LogP contribution in [0.25, 0.3) is 0 Å². The van der Waals surface area contributed by atoms with Crippen molar-refractivity contribution < 1.29 is 14.3 Å². The monoisotopic (exact) mass is 424 g/mol. The summed E-state index contributed by atoms with van der Waals surface area (Å²) in [6.07, 6.45) is 5.60. The molecule has 2 N–H and O–H groups in total. The fraction of sp³-hybridized carbons (Fsp3) is 0.455. The molecule has 0 atom stereocenters. The summed E-state index contributed by atoms with van der Waals surface area (Å²) in [7, 11) is 0. The maximum Gasteiger partial charge on any atom is 0.257 e. The molecule has 3 heterocycles. The van der Waals surface area contributed by atoms with Crippen molar-refractivity contribution in [1.29, 1.82) is 0 Å². The third-order valence-corrected chi connectivity index (χ3v) is 5.52. The van der Waals surface area contributed by atoms with Crippen LogP contribution in [0, 0.1) is 0 Å². The number of piperazine rings is 1. The van der Waals surface area contributed by atoms with Gasteiger partial charge in [0.15, 0.2) is 6.61 Å². The number of aryl methyl sites for hydroxylation is 1. The molecule has 1 aromatic carbocycles. The van der Waals surface area contributed by atoms with Gasteiger partial charge in [0.25, 0.3) is 5.91 Å². The fourth-order valence-corrected chi connectivity index (χ4v) is 3.81. The first-order chi connectivity index (χ1) is 15.2. The van der Waals surface area contributed by atoms with Crippen molar-refractivity contribution in [3.63, 3.8) is 0 Å². The molecule has 9 heteroatoms. The van der Waals surface area contributed by atoms with Gasteiger partial charge < -0.3 is 20.3 Å². The minimum atomic E-state index is -0.128. The minimum absolute atomic E-state index is 0.0130. The second-order valence-corrected chi connectivity index (χ2v) is 7.74. The van der Waals surface area contributed by atoms with E-state index in [1.807, 2.05) is 18.2 Å². The van der Waals surface area contributed by atoms with Crippen molar-refractivity contribution >= 4 is 23.5 Å². The van der Waals surface area contributed by atoms with E-state index in [2.05, 4.69) is 30.4 Å². The number of fused-ring (bicyclic) bond motifs is 1. The zero-order valence-corrected chi connectivity index (χ0v) is 17.5. The molecule has 2 aliphatic rings. The number of anilines is 2. The van der Waals surface area contributed by atoms with Gasteiger partial charge in [-0.2, -0.15) is 0 Å². The number of carbonyl (C=O) groups excluding carboxylic acids is 2. The number of carbonyl (C=O) groups is 2. The first-order valence-electron chi connectivity index (χ1n) is 10.7. The third kappa shape index (κ3) is 5.91. The van der Waals surface area contributed by atoms with E-state index in [-0.39, 0.29) is 18.4 Å². The predicted molar refractivity (Wildman–Crippen MR) is 117 cm³/mol. The average molecular weight is 425 g/mol. The Morgan fingerprint density at radius 1 is 1.13 bits per heavy atom. The van der Waals surface area contributed by atoms with Gasteiger partial charge in [0.2, 0.25) is 11.9 Å². The van der Waals surface area contributed by atoms with Gasteiger partial charge in [0.1, 0.15) is 5.75 Å². The molecule has 1 saturated heterocycles. The number of hydrogen-bond acceptors (Lipinski definition) is 7. The Bertz CT molecular complexity index is 899. The van der Waals surface area contributed by atoms with E-state index in [9.17, 15) is 9.59 Å². The number of amides is 2. The van der Waals surface area contributed by atoms with Gasteiger partial charge in [0, 0.05) is 57.2 Å². The predicted octanol–water partition coefficient (Wildman–Crippen LogP) is 1.07. The standard InChI is InChI=1S/C22H28N6O3/c29-20-6-3-17-15-18(4-5-19(17)26-20)31-16-21(30)23-9-2-10-27-11-13-28(14-12-27)22-24-7-1-8-25-22/h1,4-5,7-8,15H,2-3,6,9-14,16H2,(H,23,30)(H,26,29). The molecule has 2 aliphatic heterocycles. The molecule has 2 amide bonds. The van der Waals surface area contributed by atoms with E-state index in [4.69, 9.17) is 4.74 Å². The highest BCUT2D eigenvalue weighted by molar-refractivity contribution is 5.94. The van der Waals surface area contributed by atoms with Crippen molar-refractivity contribution in [3.8, 4) is 5.75 Å². The zero-order valence-electron chi connectivity index (χ0n) is 17.5. The molecule has 0 radical (unpaired) electrons. The third-order valence-electron chi connectivity index (χ3n) is 5.52. The number of benzene rings is 1. The minimum Gasteiger partial charge on any atom is -0.484 e. The maximum absolute atomic E-state index is 12.1. The second kappa shape index (κ2) is 10.2. The summed E-state index contributed by atoms with van der Waals surface area (Å²) < 4.78 is 5.61. The molecule has 0 spiro atoms. The molecule has 0 bridgehead atoms. The Labute approximate surface area is 181 Å². The zero-order chi connectivity index (χ0) is 21.5. The topological polar surface area (TPSA) is 99.7 Å². The molecule has 31 heavy (non-hydrogen) atoms. The van der Waals surface area contributed by atoms with E-state index < -0.39 is 0 Å². The molecule has 0 aliphatic carbocycles. The summed E-state index contributed by atoms with van der Waals surface area (Å²) in [6.45, 7) is 5.31. The lowest BCUT2D eigenvalue weighted by molar-refractivity contribution is -0.123. The lowest BCUT2D eigenvalue weighted by Gasteiger charge is -2.34. The Morgan fingerprint density at radius 2 is 1.94 bits per heavy atom. The maximum atomic E-state index is 12.1. The summed E-state index contributed by atoms with van der Waals surface area (Å²) in [5, 5.41) is 5.75. The largest absolute Gasteiger partial charge is 0.484 e. The molecule has 4 rings (SSSR count). The van der Waals surface area contributed by atoms with E-state index in [0.29, 0.717) is 25.1 Å². The van der Waals surface area contributed by atoms with E-state index in [1.54, 1.807) is 18.5 Å². The van der Waals surface area contributed by atoms with Crippen LogP contribution < -0.4 is 20.3 Å². The Hall–Kier alpha value is -3.20. The average Bonchev–Trinajstić information content (AvgIpc) is 2.81. The normalized spacial score (nSPS) is 16.4. The molecular formula is C22H28N6O3. The van der Waals surface area contributed by atoms with Crippen molar-refractivity contribution in [2.45, 2.75) is 19.3 Å². The Morgan fingerprint density at radius 3 is 2.74 bits per heavy atom. The van der Waals surface area contributed by atoms with Crippen LogP contribution in [-0.2, 0) is 16.0 Å². The Kier molecular flexibility index (Phi) is 6.93. The number of nitrogens with zero attached hydrogens (tertiary/aromatic N) is 4. The Balaban J connectivity index is 1.10. The van der Waals surface area contributed by atoms with E-state index in [0.717, 1.165) is 56.3 Å². The number of rotatable bonds is 8. The highest BCUT2D eigenvalue weighted by Gasteiger charge is 2.18. The summed E-state index contributed by atoms with van der Waals surface area (Å²) in [4.78, 5) is 36.7. The van der Waals surface area contributed by atoms with Gasteiger partial charge in [-0.1, -0.05) is 0 Å². The highest BCUT2D eigenvalue weighted by atomic mass is 16.5. The van der Waals surface area contributed by atoms with Gasteiger partial charge in [-0.25, -0.2) is 9.97 Å². The molecule has 0 saturated carbocycles. The molecule has 164 valence electrons. The van der Waals surface area contributed by atoms with Gasteiger partial charge >= 0.3 is 0 Å². The second-order valence-electron chi connectivity index (χ2n) is 7.74. The van der Waals surface area contributed by atoms with Crippen LogP contribution in [0.15, 0.2) is 36.7 Å². The molecular weight excluding hydrogens is 396 g/mol. The molecule has 9 nitrogen and oxygen atoms in total. The van der Waals surface area contributed by atoms with Gasteiger partial charge in [-0.15, -0.1) is 0 Å². The van der Waals surface area contributed by atoms with Crippen LogP contribution >= 0.6 is 0 Å². The summed E-state index contributed by atoms with van der Waals surface area (Å²) in [6, 6.07) is 7.32. The molecule has 0 unspecified atom stereocenters. The lowest BCUT2D eigenvalue weighted by atomic mass is 10.0. The summed E-state index contributed by atoms with van der Waals surface area (Å²) >= 11 is 0. The van der Waals surface area contributed by atoms with Crippen molar-refractivity contribution in [3.05, 3.63) is 42.2 Å². The first kappa shape index (κ1) is 21.0. The van der Waals surface area contributed by atoms with Crippen LogP contribution in [0.2, 0.25) is 0 Å². The molecule has 1 aromatic heterocycles. The lowest BCUT2D eigenvalue weighted by Crippen LogP contribution is -2.47. The molecule has 1 fully saturated rings.